The Hall–Kier alpha value is -3.43. The van der Waals surface area contributed by atoms with Gasteiger partial charge < -0.3 is 10.1 Å². The summed E-state index contributed by atoms with van der Waals surface area (Å²) in [6.45, 7) is 3.77. The van der Waals surface area contributed by atoms with Crippen molar-refractivity contribution in [1.29, 1.82) is 0 Å². The molecular formula is C24H23N3O4S2. The molecule has 1 amide bonds. The van der Waals surface area contributed by atoms with Crippen molar-refractivity contribution in [2.45, 2.75) is 25.2 Å². The van der Waals surface area contributed by atoms with Gasteiger partial charge in [-0.15, -0.1) is 0 Å². The van der Waals surface area contributed by atoms with E-state index in [2.05, 4.69) is 15.0 Å². The maximum absolute atomic E-state index is 12.7. The number of aryl methyl sites for hydroxylation is 2. The van der Waals surface area contributed by atoms with Crippen molar-refractivity contribution in [3.05, 3.63) is 77.4 Å². The average molecular weight is 482 g/mol. The van der Waals surface area contributed by atoms with Gasteiger partial charge in [-0.3, -0.25) is 9.52 Å². The fourth-order valence-corrected chi connectivity index (χ4v) is 5.56. The van der Waals surface area contributed by atoms with E-state index < -0.39 is 10.0 Å². The first-order valence-electron chi connectivity index (χ1n) is 10.2. The molecule has 0 bridgehead atoms. The van der Waals surface area contributed by atoms with Crippen molar-refractivity contribution in [3.8, 4) is 5.75 Å². The van der Waals surface area contributed by atoms with E-state index in [-0.39, 0.29) is 22.4 Å². The minimum absolute atomic E-state index is 0.149. The summed E-state index contributed by atoms with van der Waals surface area (Å²) >= 11 is 1.22. The van der Waals surface area contributed by atoms with Crippen LogP contribution in [0.2, 0.25) is 0 Å². The maximum atomic E-state index is 12.7. The standard InChI is InChI=1S/C24H23N3O4S2/c1-15-4-10-20(11-5-15)33(29,30)27-24-26-23-16(2)12-18(14-21(23)32-24)25-22(28)13-17-6-8-19(31-3)9-7-17/h4-12,14H,13H2,1-3H3,(H,25,28)(H,26,27). The zero-order valence-electron chi connectivity index (χ0n) is 18.4. The van der Waals surface area contributed by atoms with E-state index in [0.29, 0.717) is 11.2 Å². The number of fused-ring (bicyclic) bond motifs is 1. The van der Waals surface area contributed by atoms with Crippen LogP contribution in [0.15, 0.2) is 65.6 Å². The number of sulfonamides is 1. The molecule has 7 nitrogen and oxygen atoms in total. The van der Waals surface area contributed by atoms with Crippen LogP contribution in [0.5, 0.6) is 5.75 Å². The van der Waals surface area contributed by atoms with E-state index in [1.165, 1.54) is 11.3 Å². The highest BCUT2D eigenvalue weighted by Gasteiger charge is 2.17. The summed E-state index contributed by atoms with van der Waals surface area (Å²) in [5.74, 6) is 0.586. The van der Waals surface area contributed by atoms with E-state index in [9.17, 15) is 13.2 Å². The number of carbonyl (C=O) groups excluding carboxylic acids is 1. The number of hydrogen-bond acceptors (Lipinski definition) is 6. The van der Waals surface area contributed by atoms with Crippen molar-refractivity contribution in [3.63, 3.8) is 0 Å². The average Bonchev–Trinajstić information content (AvgIpc) is 3.16. The van der Waals surface area contributed by atoms with Crippen molar-refractivity contribution < 1.29 is 17.9 Å². The number of ether oxygens (including phenoxy) is 1. The van der Waals surface area contributed by atoms with Gasteiger partial charge in [0.2, 0.25) is 5.91 Å². The molecule has 9 heteroatoms. The molecule has 0 aliphatic rings. The normalized spacial score (nSPS) is 11.4. The number of benzene rings is 3. The van der Waals surface area contributed by atoms with Crippen LogP contribution in [0.3, 0.4) is 0 Å². The summed E-state index contributed by atoms with van der Waals surface area (Å²) in [7, 11) is -2.14. The number of aromatic nitrogens is 1. The third-order valence-corrected chi connectivity index (χ3v) is 7.45. The smallest absolute Gasteiger partial charge is 0.263 e. The van der Waals surface area contributed by atoms with Gasteiger partial charge in [0.25, 0.3) is 10.0 Å². The highest BCUT2D eigenvalue weighted by atomic mass is 32.2. The number of nitrogens with one attached hydrogen (secondary N) is 2. The third kappa shape index (κ3) is 5.32. The number of anilines is 2. The summed E-state index contributed by atoms with van der Waals surface area (Å²) in [4.78, 5) is 17.1. The van der Waals surface area contributed by atoms with Crippen LogP contribution in [0.4, 0.5) is 10.8 Å². The van der Waals surface area contributed by atoms with E-state index in [4.69, 9.17) is 4.74 Å². The van der Waals surface area contributed by atoms with Crippen molar-refractivity contribution in [2.75, 3.05) is 17.1 Å². The predicted octanol–water partition coefficient (Wildman–Crippen LogP) is 4.90. The second-order valence-electron chi connectivity index (χ2n) is 7.65. The Morgan fingerprint density at radius 1 is 1.03 bits per heavy atom. The fraction of sp³-hybridized carbons (Fsp3) is 0.167. The fourth-order valence-electron chi connectivity index (χ4n) is 3.34. The zero-order chi connectivity index (χ0) is 23.6. The Morgan fingerprint density at radius 2 is 1.73 bits per heavy atom. The molecular weight excluding hydrogens is 458 g/mol. The molecule has 3 aromatic carbocycles. The molecule has 0 aliphatic carbocycles. The number of amides is 1. The lowest BCUT2D eigenvalue weighted by atomic mass is 10.1. The first-order chi connectivity index (χ1) is 15.7. The summed E-state index contributed by atoms with van der Waals surface area (Å²) in [5, 5.41) is 3.18. The molecule has 0 saturated heterocycles. The lowest BCUT2D eigenvalue weighted by Gasteiger charge is -2.07. The molecule has 4 rings (SSSR count). The Labute approximate surface area is 196 Å². The summed E-state index contributed by atoms with van der Waals surface area (Å²) in [6.07, 6.45) is 0.228. The SMILES string of the molecule is COc1ccc(CC(=O)Nc2cc(C)c3nc(NS(=O)(=O)c4ccc(C)cc4)sc3c2)cc1. The second kappa shape index (κ2) is 9.21. The molecule has 0 aliphatic heterocycles. The molecule has 1 aromatic heterocycles. The molecule has 0 spiro atoms. The Kier molecular flexibility index (Phi) is 6.35. The van der Waals surface area contributed by atoms with Crippen LogP contribution < -0.4 is 14.8 Å². The van der Waals surface area contributed by atoms with Gasteiger partial charge in [0.15, 0.2) is 5.13 Å². The van der Waals surface area contributed by atoms with E-state index in [1.807, 2.05) is 44.2 Å². The molecule has 0 atom stereocenters. The van der Waals surface area contributed by atoms with E-state index in [0.717, 1.165) is 27.1 Å². The number of methoxy groups -OCH3 is 1. The zero-order valence-corrected chi connectivity index (χ0v) is 20.0. The van der Waals surface area contributed by atoms with Gasteiger partial charge in [0, 0.05) is 5.69 Å². The van der Waals surface area contributed by atoms with Crippen LogP contribution in [0.25, 0.3) is 10.2 Å². The molecule has 4 aromatic rings. The van der Waals surface area contributed by atoms with Crippen molar-refractivity contribution in [2.24, 2.45) is 0 Å². The number of carbonyl (C=O) groups is 1. The molecule has 170 valence electrons. The lowest BCUT2D eigenvalue weighted by molar-refractivity contribution is -0.115. The van der Waals surface area contributed by atoms with Crippen molar-refractivity contribution in [1.82, 2.24) is 4.98 Å². The van der Waals surface area contributed by atoms with E-state index in [1.54, 1.807) is 37.4 Å². The van der Waals surface area contributed by atoms with Gasteiger partial charge in [-0.25, -0.2) is 13.4 Å². The van der Waals surface area contributed by atoms with E-state index >= 15 is 0 Å². The predicted molar refractivity (Wildman–Crippen MR) is 132 cm³/mol. The first kappa shape index (κ1) is 22.8. The van der Waals surface area contributed by atoms with Gasteiger partial charge in [0.1, 0.15) is 5.75 Å². The minimum atomic E-state index is -3.74. The number of hydrogen-bond donors (Lipinski definition) is 2. The van der Waals surface area contributed by atoms with Crippen LogP contribution in [-0.4, -0.2) is 26.4 Å². The minimum Gasteiger partial charge on any atom is -0.497 e. The van der Waals surface area contributed by atoms with Crippen LogP contribution in [-0.2, 0) is 21.2 Å². The Morgan fingerprint density at radius 3 is 2.39 bits per heavy atom. The molecule has 33 heavy (non-hydrogen) atoms. The van der Waals surface area contributed by atoms with Gasteiger partial charge in [-0.05, 0) is 61.4 Å². The number of rotatable bonds is 7. The van der Waals surface area contributed by atoms with Gasteiger partial charge in [-0.1, -0.05) is 41.2 Å². The largest absolute Gasteiger partial charge is 0.497 e. The molecule has 0 radical (unpaired) electrons. The lowest BCUT2D eigenvalue weighted by Crippen LogP contribution is -2.14. The summed E-state index contributed by atoms with van der Waals surface area (Å²) in [5.41, 5.74) is 4.01. The molecule has 0 saturated carbocycles. The van der Waals surface area contributed by atoms with Crippen LogP contribution in [0, 0.1) is 13.8 Å². The molecule has 2 N–H and O–H groups in total. The highest BCUT2D eigenvalue weighted by molar-refractivity contribution is 7.93. The Balaban J connectivity index is 1.51. The van der Waals surface area contributed by atoms with Gasteiger partial charge in [0.05, 0.1) is 28.6 Å². The summed E-state index contributed by atoms with van der Waals surface area (Å²) < 4.78 is 33.9. The Bertz CT molecular complexity index is 1410. The molecule has 1 heterocycles. The number of thiazole rings is 1. The van der Waals surface area contributed by atoms with Gasteiger partial charge >= 0.3 is 0 Å². The molecule has 0 unspecified atom stereocenters. The van der Waals surface area contributed by atoms with Crippen LogP contribution in [0.1, 0.15) is 16.7 Å². The van der Waals surface area contributed by atoms with Gasteiger partial charge in [-0.2, -0.15) is 0 Å². The monoisotopic (exact) mass is 481 g/mol. The summed E-state index contributed by atoms with van der Waals surface area (Å²) in [6, 6.07) is 17.6. The topological polar surface area (TPSA) is 97.4 Å². The second-order valence-corrected chi connectivity index (χ2v) is 10.4. The quantitative estimate of drug-likeness (QED) is 0.391. The van der Waals surface area contributed by atoms with Crippen molar-refractivity contribution >= 4 is 48.3 Å². The highest BCUT2D eigenvalue weighted by Crippen LogP contribution is 2.32. The van der Waals surface area contributed by atoms with Crippen LogP contribution >= 0.6 is 11.3 Å². The number of nitrogens with zero attached hydrogens (tertiary/aromatic N) is 1. The first-order valence-corrected chi connectivity index (χ1v) is 12.5. The third-order valence-electron chi connectivity index (χ3n) is 5.05. The molecule has 0 fully saturated rings. The maximum Gasteiger partial charge on any atom is 0.263 e.